The van der Waals surface area contributed by atoms with Crippen molar-refractivity contribution in [2.45, 2.75) is 39.2 Å². The molecule has 0 aromatic carbocycles. The Kier molecular flexibility index (Phi) is 3.43. The summed E-state index contributed by atoms with van der Waals surface area (Å²) in [5, 5.41) is 0. The maximum absolute atomic E-state index is 11.8. The summed E-state index contributed by atoms with van der Waals surface area (Å²) in [5.74, 6) is 0.882. The van der Waals surface area contributed by atoms with Gasteiger partial charge in [-0.3, -0.25) is 4.79 Å². The summed E-state index contributed by atoms with van der Waals surface area (Å²) in [6.45, 7) is 2.78. The van der Waals surface area contributed by atoms with Gasteiger partial charge in [0.15, 0.2) is 0 Å². The average Bonchev–Trinajstić information content (AvgIpc) is 2.72. The van der Waals surface area contributed by atoms with Gasteiger partial charge in [0.25, 0.3) is 5.56 Å². The molecule has 1 aliphatic rings. The van der Waals surface area contributed by atoms with Crippen molar-refractivity contribution < 1.29 is 0 Å². The van der Waals surface area contributed by atoms with Crippen molar-refractivity contribution in [3.63, 3.8) is 0 Å². The van der Waals surface area contributed by atoms with Gasteiger partial charge in [0, 0.05) is 18.8 Å². The SMILES string of the molecule is Cc1ccn(CC2(CS)CCCC2)c(=O)c1. The first-order valence-corrected chi connectivity index (χ1v) is 6.56. The van der Waals surface area contributed by atoms with E-state index in [1.165, 1.54) is 25.7 Å². The van der Waals surface area contributed by atoms with Crippen molar-refractivity contribution in [1.82, 2.24) is 4.57 Å². The lowest BCUT2D eigenvalue weighted by Crippen LogP contribution is -2.31. The van der Waals surface area contributed by atoms with E-state index in [1.54, 1.807) is 6.07 Å². The predicted molar refractivity (Wildman–Crippen MR) is 70.2 cm³/mol. The lowest BCUT2D eigenvalue weighted by Gasteiger charge is -2.27. The van der Waals surface area contributed by atoms with Gasteiger partial charge >= 0.3 is 0 Å². The Morgan fingerprint density at radius 3 is 2.69 bits per heavy atom. The minimum atomic E-state index is 0.119. The van der Waals surface area contributed by atoms with Crippen molar-refractivity contribution in [2.75, 3.05) is 5.75 Å². The van der Waals surface area contributed by atoms with Crippen LogP contribution in [0.25, 0.3) is 0 Å². The van der Waals surface area contributed by atoms with Crippen LogP contribution >= 0.6 is 12.6 Å². The van der Waals surface area contributed by atoms with Crippen molar-refractivity contribution in [1.29, 1.82) is 0 Å². The summed E-state index contributed by atoms with van der Waals surface area (Å²) in [6, 6.07) is 3.71. The van der Waals surface area contributed by atoms with E-state index in [-0.39, 0.29) is 11.0 Å². The highest BCUT2D eigenvalue weighted by Gasteiger charge is 2.32. The number of aryl methyl sites for hydroxylation is 1. The highest BCUT2D eigenvalue weighted by atomic mass is 32.1. The molecular formula is C13H19NOS. The van der Waals surface area contributed by atoms with Crippen LogP contribution in [0.2, 0.25) is 0 Å². The van der Waals surface area contributed by atoms with E-state index in [4.69, 9.17) is 0 Å². The largest absolute Gasteiger partial charge is 0.315 e. The van der Waals surface area contributed by atoms with Gasteiger partial charge in [-0.1, -0.05) is 12.8 Å². The molecule has 0 amide bonds. The van der Waals surface area contributed by atoms with Crippen molar-refractivity contribution in [3.05, 3.63) is 34.2 Å². The summed E-state index contributed by atoms with van der Waals surface area (Å²) in [4.78, 5) is 11.8. The van der Waals surface area contributed by atoms with Crippen molar-refractivity contribution >= 4 is 12.6 Å². The van der Waals surface area contributed by atoms with Crippen LogP contribution in [0.3, 0.4) is 0 Å². The fourth-order valence-electron chi connectivity index (χ4n) is 2.59. The topological polar surface area (TPSA) is 22.0 Å². The maximum atomic E-state index is 11.8. The van der Waals surface area contributed by atoms with Crippen LogP contribution in [0.1, 0.15) is 31.2 Å². The standard InChI is InChI=1S/C13H19NOS/c1-11-4-7-14(12(15)8-11)9-13(10-16)5-2-3-6-13/h4,7-8,16H,2-3,5-6,9-10H2,1H3. The fourth-order valence-corrected chi connectivity index (χ4v) is 3.01. The molecule has 0 radical (unpaired) electrons. The summed E-state index contributed by atoms with van der Waals surface area (Å²) in [6.07, 6.45) is 6.89. The van der Waals surface area contributed by atoms with Crippen molar-refractivity contribution in [2.24, 2.45) is 5.41 Å². The number of pyridine rings is 1. The molecule has 1 aromatic rings. The second-order valence-corrected chi connectivity index (χ2v) is 5.35. The number of thiol groups is 1. The van der Waals surface area contributed by atoms with Crippen LogP contribution < -0.4 is 5.56 Å². The van der Waals surface area contributed by atoms with E-state index in [1.807, 2.05) is 23.8 Å². The monoisotopic (exact) mass is 237 g/mol. The smallest absolute Gasteiger partial charge is 0.250 e. The van der Waals surface area contributed by atoms with Crippen molar-refractivity contribution in [3.8, 4) is 0 Å². The van der Waals surface area contributed by atoms with Gasteiger partial charge in [-0.2, -0.15) is 12.6 Å². The number of hydrogen-bond donors (Lipinski definition) is 1. The highest BCUT2D eigenvalue weighted by Crippen LogP contribution is 2.40. The van der Waals surface area contributed by atoms with Crippen LogP contribution in [0.5, 0.6) is 0 Å². The Bertz CT molecular complexity index is 418. The van der Waals surface area contributed by atoms with E-state index >= 15 is 0 Å². The van der Waals surface area contributed by atoms with E-state index in [0.717, 1.165) is 17.9 Å². The molecule has 16 heavy (non-hydrogen) atoms. The van der Waals surface area contributed by atoms with Gasteiger partial charge in [-0.25, -0.2) is 0 Å². The molecule has 1 saturated carbocycles. The molecule has 0 spiro atoms. The Morgan fingerprint density at radius 1 is 1.44 bits per heavy atom. The molecule has 88 valence electrons. The average molecular weight is 237 g/mol. The fraction of sp³-hybridized carbons (Fsp3) is 0.615. The Morgan fingerprint density at radius 2 is 2.12 bits per heavy atom. The number of rotatable bonds is 3. The van der Waals surface area contributed by atoms with Crippen LogP contribution in [0, 0.1) is 12.3 Å². The normalized spacial score (nSPS) is 18.9. The van der Waals surface area contributed by atoms with Gasteiger partial charge in [-0.15, -0.1) is 0 Å². The second-order valence-electron chi connectivity index (χ2n) is 5.04. The zero-order chi connectivity index (χ0) is 11.6. The van der Waals surface area contributed by atoms with Crippen LogP contribution in [0.4, 0.5) is 0 Å². The van der Waals surface area contributed by atoms with Gasteiger partial charge in [0.1, 0.15) is 0 Å². The lowest BCUT2D eigenvalue weighted by atomic mass is 9.88. The van der Waals surface area contributed by atoms with Gasteiger partial charge in [-0.05, 0) is 42.6 Å². The molecule has 0 aliphatic heterocycles. The molecule has 0 unspecified atom stereocenters. The summed E-state index contributed by atoms with van der Waals surface area (Å²) in [7, 11) is 0. The van der Waals surface area contributed by atoms with Gasteiger partial charge in [0.05, 0.1) is 0 Å². The van der Waals surface area contributed by atoms with Crippen LogP contribution in [-0.2, 0) is 6.54 Å². The van der Waals surface area contributed by atoms with Crippen LogP contribution in [-0.4, -0.2) is 10.3 Å². The molecule has 1 aromatic heterocycles. The maximum Gasteiger partial charge on any atom is 0.250 e. The Hall–Kier alpha value is -0.700. The quantitative estimate of drug-likeness (QED) is 0.802. The minimum Gasteiger partial charge on any atom is -0.315 e. The molecular weight excluding hydrogens is 218 g/mol. The van der Waals surface area contributed by atoms with E-state index in [9.17, 15) is 4.79 Å². The zero-order valence-corrected chi connectivity index (χ0v) is 10.7. The molecule has 0 N–H and O–H groups in total. The third kappa shape index (κ3) is 2.34. The van der Waals surface area contributed by atoms with Gasteiger partial charge < -0.3 is 4.57 Å². The number of nitrogens with zero attached hydrogens (tertiary/aromatic N) is 1. The molecule has 2 rings (SSSR count). The van der Waals surface area contributed by atoms with E-state index < -0.39 is 0 Å². The molecule has 1 heterocycles. The summed E-state index contributed by atoms with van der Waals surface area (Å²) in [5.41, 5.74) is 1.41. The first kappa shape index (κ1) is 11.8. The van der Waals surface area contributed by atoms with E-state index in [2.05, 4.69) is 12.6 Å². The van der Waals surface area contributed by atoms with Gasteiger partial charge in [0.2, 0.25) is 0 Å². The molecule has 1 fully saturated rings. The first-order valence-electron chi connectivity index (χ1n) is 5.93. The number of aromatic nitrogens is 1. The highest BCUT2D eigenvalue weighted by molar-refractivity contribution is 7.80. The predicted octanol–water partition coefficient (Wildman–Crippen LogP) is 2.65. The molecule has 0 bridgehead atoms. The lowest BCUT2D eigenvalue weighted by molar-refractivity contribution is 0.286. The second kappa shape index (κ2) is 4.66. The minimum absolute atomic E-state index is 0.119. The number of hydrogen-bond acceptors (Lipinski definition) is 2. The molecule has 0 atom stereocenters. The summed E-state index contributed by atoms with van der Waals surface area (Å²) >= 11 is 4.47. The Balaban J connectivity index is 2.22. The third-order valence-corrected chi connectivity index (χ3v) is 4.33. The van der Waals surface area contributed by atoms with E-state index in [0.29, 0.717) is 0 Å². The van der Waals surface area contributed by atoms with Crippen LogP contribution in [0.15, 0.2) is 23.1 Å². The molecule has 3 heteroatoms. The molecule has 0 saturated heterocycles. The first-order chi connectivity index (χ1) is 7.65. The third-order valence-electron chi connectivity index (χ3n) is 3.66. The zero-order valence-electron chi connectivity index (χ0n) is 9.78. The molecule has 1 aliphatic carbocycles. The summed E-state index contributed by atoms with van der Waals surface area (Å²) < 4.78 is 1.84. The molecule has 2 nitrogen and oxygen atoms in total. The Labute approximate surface area is 102 Å².